The van der Waals surface area contributed by atoms with Crippen LogP contribution in [0.25, 0.3) is 0 Å². The van der Waals surface area contributed by atoms with Crippen LogP contribution in [-0.2, 0) is 13.8 Å². The number of hydrogen-bond donors (Lipinski definition) is 0. The lowest BCUT2D eigenvalue weighted by Gasteiger charge is -2.21. The summed E-state index contributed by atoms with van der Waals surface area (Å²) in [6.45, 7) is 0.232. The average molecular weight is 335 g/mol. The van der Waals surface area contributed by atoms with Gasteiger partial charge in [-0.3, -0.25) is 0 Å². The van der Waals surface area contributed by atoms with Crippen molar-refractivity contribution in [3.8, 4) is 0 Å². The van der Waals surface area contributed by atoms with Crippen molar-refractivity contribution in [3.05, 3.63) is 29.6 Å². The fourth-order valence-electron chi connectivity index (χ4n) is 2.44. The molecule has 21 heavy (non-hydrogen) atoms. The van der Waals surface area contributed by atoms with Gasteiger partial charge < -0.3 is 4.74 Å². The van der Waals surface area contributed by atoms with Crippen molar-refractivity contribution in [2.24, 2.45) is 5.92 Å². The van der Waals surface area contributed by atoms with E-state index >= 15 is 0 Å². The summed E-state index contributed by atoms with van der Waals surface area (Å²) >= 11 is 0. The van der Waals surface area contributed by atoms with Gasteiger partial charge in [-0.05, 0) is 37.0 Å². The maximum atomic E-state index is 13.6. The summed E-state index contributed by atoms with van der Waals surface area (Å²) in [6, 6.07) is 2.81. The van der Waals surface area contributed by atoms with Gasteiger partial charge in [0.2, 0.25) is 0 Å². The topological polar surface area (TPSA) is 60.4 Å². The molecule has 0 unspecified atom stereocenters. The maximum Gasteiger partial charge on any atom is 0.341 e. The summed E-state index contributed by atoms with van der Waals surface area (Å²) < 4.78 is 41.2. The van der Waals surface area contributed by atoms with Gasteiger partial charge in [0.15, 0.2) is 0 Å². The number of carbonyl (C=O) groups excluding carboxylic acids is 1. The summed E-state index contributed by atoms with van der Waals surface area (Å²) in [5.41, 5.74) is -0.410. The third-order valence-corrected chi connectivity index (χ3v) is 4.97. The Bertz CT molecular complexity index is 624. The van der Waals surface area contributed by atoms with Crippen LogP contribution in [0.1, 0.15) is 42.5 Å². The Kier molecular flexibility index (Phi) is 5.22. The molecule has 1 aliphatic rings. The third-order valence-electron chi connectivity index (χ3n) is 3.61. The van der Waals surface area contributed by atoms with Crippen molar-refractivity contribution < 1.29 is 22.3 Å². The largest absolute Gasteiger partial charge is 0.462 e. The third kappa shape index (κ3) is 4.41. The van der Waals surface area contributed by atoms with Crippen molar-refractivity contribution in [2.45, 2.75) is 37.0 Å². The van der Waals surface area contributed by atoms with Gasteiger partial charge in [0.1, 0.15) is 5.82 Å². The van der Waals surface area contributed by atoms with Crippen molar-refractivity contribution in [2.75, 3.05) is 6.61 Å². The molecule has 0 atom stereocenters. The van der Waals surface area contributed by atoms with Crippen LogP contribution in [0.2, 0.25) is 0 Å². The first-order valence-corrected chi connectivity index (χ1v) is 9.10. The minimum absolute atomic E-state index is 0.232. The van der Waals surface area contributed by atoms with E-state index in [0.717, 1.165) is 43.9 Å². The molecule has 0 saturated heterocycles. The Morgan fingerprint density at radius 2 is 1.95 bits per heavy atom. The standard InChI is InChI=1S/C14H16ClFO4S/c15-21(18,19)11-6-7-13(16)12(8-11)14(17)20-9-10-4-2-1-3-5-10/h6-8,10H,1-5,9H2. The SMILES string of the molecule is O=C(OCC1CCCCC1)c1cc(S(=O)(=O)Cl)ccc1F. The molecular formula is C14H16ClFO4S. The molecule has 116 valence electrons. The van der Waals surface area contributed by atoms with Crippen molar-refractivity contribution in [1.82, 2.24) is 0 Å². The molecule has 1 aromatic carbocycles. The lowest BCUT2D eigenvalue weighted by Crippen LogP contribution is -2.17. The van der Waals surface area contributed by atoms with Gasteiger partial charge in [-0.2, -0.15) is 0 Å². The minimum Gasteiger partial charge on any atom is -0.462 e. The van der Waals surface area contributed by atoms with E-state index in [1.807, 2.05) is 0 Å². The van der Waals surface area contributed by atoms with E-state index in [2.05, 4.69) is 0 Å². The van der Waals surface area contributed by atoms with Crippen molar-refractivity contribution in [1.29, 1.82) is 0 Å². The number of benzene rings is 1. The first-order valence-electron chi connectivity index (χ1n) is 6.79. The molecule has 0 N–H and O–H groups in total. The van der Waals surface area contributed by atoms with Gasteiger partial charge >= 0.3 is 5.97 Å². The van der Waals surface area contributed by atoms with Crippen LogP contribution in [0.15, 0.2) is 23.1 Å². The van der Waals surface area contributed by atoms with Gasteiger partial charge in [0.25, 0.3) is 9.05 Å². The summed E-state index contributed by atoms with van der Waals surface area (Å²) in [5, 5.41) is 0. The number of esters is 1. The monoisotopic (exact) mass is 334 g/mol. The van der Waals surface area contributed by atoms with Gasteiger partial charge in [0, 0.05) is 10.7 Å². The summed E-state index contributed by atoms with van der Waals surface area (Å²) in [7, 11) is 1.17. The zero-order valence-electron chi connectivity index (χ0n) is 11.3. The van der Waals surface area contributed by atoms with Crippen molar-refractivity contribution in [3.63, 3.8) is 0 Å². The summed E-state index contributed by atoms with van der Waals surface area (Å²) in [4.78, 5) is 11.6. The van der Waals surface area contributed by atoms with Crippen molar-refractivity contribution >= 4 is 25.7 Å². The Hall–Kier alpha value is -1.14. The summed E-state index contributed by atoms with van der Waals surface area (Å²) in [5.74, 6) is -1.39. The van der Waals surface area contributed by atoms with E-state index in [1.54, 1.807) is 0 Å². The maximum absolute atomic E-state index is 13.6. The first-order chi connectivity index (χ1) is 9.88. The molecule has 0 spiro atoms. The van der Waals surface area contributed by atoms with E-state index in [0.29, 0.717) is 5.92 Å². The Labute approximate surface area is 127 Å². The zero-order valence-corrected chi connectivity index (χ0v) is 12.9. The molecule has 0 heterocycles. The highest BCUT2D eigenvalue weighted by Gasteiger charge is 2.21. The smallest absolute Gasteiger partial charge is 0.341 e. The fraction of sp³-hybridized carbons (Fsp3) is 0.500. The predicted molar refractivity (Wildman–Crippen MR) is 76.3 cm³/mol. The quantitative estimate of drug-likeness (QED) is 0.624. The van der Waals surface area contributed by atoms with E-state index in [9.17, 15) is 17.6 Å². The van der Waals surface area contributed by atoms with E-state index < -0.39 is 26.4 Å². The summed E-state index contributed by atoms with van der Waals surface area (Å²) in [6.07, 6.45) is 5.39. The first kappa shape index (κ1) is 16.2. The Morgan fingerprint density at radius 3 is 2.57 bits per heavy atom. The number of halogens is 2. The van der Waals surface area contributed by atoms with Gasteiger partial charge in [-0.25, -0.2) is 17.6 Å². The fourth-order valence-corrected chi connectivity index (χ4v) is 3.21. The van der Waals surface area contributed by atoms with Crippen LogP contribution in [-0.4, -0.2) is 21.0 Å². The molecule has 0 amide bonds. The second-order valence-electron chi connectivity index (χ2n) is 5.18. The highest BCUT2D eigenvalue weighted by Crippen LogP contribution is 2.24. The number of carbonyl (C=O) groups is 1. The van der Waals surface area contributed by atoms with Gasteiger partial charge in [-0.15, -0.1) is 0 Å². The molecule has 1 fully saturated rings. The van der Waals surface area contributed by atoms with Crippen LogP contribution in [0.3, 0.4) is 0 Å². The number of hydrogen-bond acceptors (Lipinski definition) is 4. The van der Waals surface area contributed by atoms with E-state index in [1.165, 1.54) is 6.42 Å². The highest BCUT2D eigenvalue weighted by atomic mass is 35.7. The molecule has 7 heteroatoms. The van der Waals surface area contributed by atoms with E-state index in [-0.39, 0.29) is 11.5 Å². The average Bonchev–Trinajstić information content (AvgIpc) is 2.45. The molecular weight excluding hydrogens is 319 g/mol. The molecule has 0 aromatic heterocycles. The highest BCUT2D eigenvalue weighted by molar-refractivity contribution is 8.13. The Morgan fingerprint density at radius 1 is 1.29 bits per heavy atom. The van der Waals surface area contributed by atoms with Crippen LogP contribution in [0.5, 0.6) is 0 Å². The van der Waals surface area contributed by atoms with Crippen LogP contribution in [0, 0.1) is 11.7 Å². The minimum atomic E-state index is -4.01. The van der Waals surface area contributed by atoms with E-state index in [4.69, 9.17) is 15.4 Å². The number of ether oxygens (including phenoxy) is 1. The molecule has 2 rings (SSSR count). The molecule has 1 aromatic rings. The normalized spacial score (nSPS) is 16.7. The molecule has 0 aliphatic heterocycles. The molecule has 0 bridgehead atoms. The lowest BCUT2D eigenvalue weighted by atomic mass is 9.90. The van der Waals surface area contributed by atoms with Crippen LogP contribution in [0.4, 0.5) is 4.39 Å². The second kappa shape index (κ2) is 6.75. The lowest BCUT2D eigenvalue weighted by molar-refractivity contribution is 0.0404. The van der Waals surface area contributed by atoms with Crippen LogP contribution < -0.4 is 0 Å². The molecule has 1 saturated carbocycles. The molecule has 0 radical (unpaired) electrons. The van der Waals surface area contributed by atoms with Gasteiger partial charge in [-0.1, -0.05) is 19.3 Å². The predicted octanol–water partition coefficient (Wildman–Crippen LogP) is 3.49. The van der Waals surface area contributed by atoms with Crippen LogP contribution >= 0.6 is 10.7 Å². The molecule has 1 aliphatic carbocycles. The Balaban J connectivity index is 2.07. The van der Waals surface area contributed by atoms with Gasteiger partial charge in [0.05, 0.1) is 17.1 Å². The zero-order chi connectivity index (χ0) is 15.5. The second-order valence-corrected chi connectivity index (χ2v) is 7.75. The number of rotatable bonds is 4. The molecule has 4 nitrogen and oxygen atoms in total.